The van der Waals surface area contributed by atoms with Gasteiger partial charge in [0, 0.05) is 0 Å². The third kappa shape index (κ3) is 8.61. The van der Waals surface area contributed by atoms with Crippen LogP contribution in [-0.2, 0) is 14.4 Å². The number of aliphatic carboxylic acids is 1. The fourth-order valence-electron chi connectivity index (χ4n) is 2.13. The number of carboxylic acids is 1. The molecule has 2 atom stereocenters. The average Bonchev–Trinajstić information content (AvgIpc) is 2.40. The van der Waals surface area contributed by atoms with Crippen molar-refractivity contribution in [3.8, 4) is 0 Å². The van der Waals surface area contributed by atoms with Crippen molar-refractivity contribution in [2.45, 2.75) is 59.4 Å². The molecule has 2 amide bonds. The largest absolute Gasteiger partial charge is 0.480 e. The molecule has 0 aliphatic rings. The molecule has 0 saturated heterocycles. The predicted octanol–water partition coefficient (Wildman–Crippen LogP) is 1.65. The number of carbonyl (C=O) groups is 3. The molecular formula is C15H28N2O5. The summed E-state index contributed by atoms with van der Waals surface area (Å²) in [4.78, 5) is 34.1. The highest BCUT2D eigenvalue weighted by Crippen LogP contribution is 2.21. The van der Waals surface area contributed by atoms with E-state index in [2.05, 4.69) is 5.32 Å². The zero-order chi connectivity index (χ0) is 17.3. The van der Waals surface area contributed by atoms with E-state index in [1.54, 1.807) is 0 Å². The van der Waals surface area contributed by atoms with Gasteiger partial charge < -0.3 is 10.4 Å². The Hall–Kier alpha value is -1.63. The number of carboxylic acid groups (broad SMARTS) is 1. The van der Waals surface area contributed by atoms with E-state index in [4.69, 9.17) is 0 Å². The molecule has 7 nitrogen and oxygen atoms in total. The van der Waals surface area contributed by atoms with Crippen LogP contribution in [0.25, 0.3) is 0 Å². The summed E-state index contributed by atoms with van der Waals surface area (Å²) in [6.07, 6.45) is 2.62. The summed E-state index contributed by atoms with van der Waals surface area (Å²) in [5.41, 5.74) is -0.249. The highest BCUT2D eigenvalue weighted by atomic mass is 16.5. The topological polar surface area (TPSA) is 107 Å². The molecule has 3 N–H and O–H groups in total. The third-order valence-corrected chi connectivity index (χ3v) is 3.24. The molecule has 0 aromatic carbocycles. The molecule has 0 spiro atoms. The lowest BCUT2D eigenvalue weighted by Crippen LogP contribution is -2.47. The predicted molar refractivity (Wildman–Crippen MR) is 81.2 cm³/mol. The second-order valence-electron chi connectivity index (χ2n) is 6.73. The van der Waals surface area contributed by atoms with Gasteiger partial charge in [0.05, 0.1) is 12.5 Å². The van der Waals surface area contributed by atoms with Crippen LogP contribution in [0.5, 0.6) is 0 Å². The van der Waals surface area contributed by atoms with Gasteiger partial charge in [-0.15, -0.1) is 0 Å². The van der Waals surface area contributed by atoms with Crippen LogP contribution in [0.4, 0.5) is 0 Å². The summed E-state index contributed by atoms with van der Waals surface area (Å²) >= 11 is 0. The molecule has 0 heterocycles. The van der Waals surface area contributed by atoms with Crippen molar-refractivity contribution in [1.82, 2.24) is 10.4 Å². The monoisotopic (exact) mass is 316 g/mol. The molecule has 22 heavy (non-hydrogen) atoms. The quantitative estimate of drug-likeness (QED) is 0.323. The first-order valence-corrected chi connectivity index (χ1v) is 7.54. The van der Waals surface area contributed by atoms with E-state index in [1.165, 1.54) is 0 Å². The first-order chi connectivity index (χ1) is 10.1. The number of amides is 2. The summed E-state index contributed by atoms with van der Waals surface area (Å²) in [6, 6.07) is -0.986. The van der Waals surface area contributed by atoms with Crippen molar-refractivity contribution in [2.75, 3.05) is 6.54 Å². The summed E-state index contributed by atoms with van der Waals surface area (Å²) < 4.78 is 0. The van der Waals surface area contributed by atoms with Crippen molar-refractivity contribution in [2.24, 2.45) is 11.3 Å². The van der Waals surface area contributed by atoms with Crippen LogP contribution in [0.1, 0.15) is 53.4 Å². The molecule has 0 radical (unpaired) electrons. The van der Waals surface area contributed by atoms with Crippen LogP contribution in [-0.4, -0.2) is 46.3 Å². The SMILES string of the molecule is CCCC[C@H](CN(O)C=O)C(=O)N[C@@H](CC(C)(C)C)C(=O)O. The normalized spacial score (nSPS) is 14.0. The summed E-state index contributed by atoms with van der Waals surface area (Å²) in [6.45, 7) is 7.50. The van der Waals surface area contributed by atoms with Crippen molar-refractivity contribution < 1.29 is 24.7 Å². The molecule has 7 heteroatoms. The Balaban J connectivity index is 4.87. The van der Waals surface area contributed by atoms with Gasteiger partial charge >= 0.3 is 5.97 Å². The van der Waals surface area contributed by atoms with Crippen molar-refractivity contribution in [3.63, 3.8) is 0 Å². The number of hydroxylamine groups is 2. The average molecular weight is 316 g/mol. The molecule has 0 aliphatic carbocycles. The summed E-state index contributed by atoms with van der Waals surface area (Å²) in [7, 11) is 0. The highest BCUT2D eigenvalue weighted by molar-refractivity contribution is 5.85. The number of carbonyl (C=O) groups excluding carboxylic acids is 2. The number of hydrogen-bond acceptors (Lipinski definition) is 4. The van der Waals surface area contributed by atoms with Gasteiger partial charge in [-0.25, -0.2) is 9.86 Å². The van der Waals surface area contributed by atoms with Gasteiger partial charge in [0.2, 0.25) is 12.3 Å². The van der Waals surface area contributed by atoms with Crippen molar-refractivity contribution >= 4 is 18.3 Å². The van der Waals surface area contributed by atoms with Gasteiger partial charge in [0.15, 0.2) is 0 Å². The Labute approximate surface area is 131 Å². The van der Waals surface area contributed by atoms with E-state index >= 15 is 0 Å². The molecule has 0 aromatic rings. The first kappa shape index (κ1) is 20.4. The molecule has 128 valence electrons. The Morgan fingerprint density at radius 2 is 1.91 bits per heavy atom. The van der Waals surface area contributed by atoms with Gasteiger partial charge in [-0.3, -0.25) is 14.8 Å². The zero-order valence-corrected chi connectivity index (χ0v) is 13.8. The van der Waals surface area contributed by atoms with E-state index in [-0.39, 0.29) is 18.4 Å². The fourth-order valence-corrected chi connectivity index (χ4v) is 2.13. The third-order valence-electron chi connectivity index (χ3n) is 3.24. The maximum absolute atomic E-state index is 12.3. The summed E-state index contributed by atoms with van der Waals surface area (Å²) in [5, 5.41) is 21.5. The van der Waals surface area contributed by atoms with E-state index in [0.29, 0.717) is 17.9 Å². The van der Waals surface area contributed by atoms with Crippen molar-refractivity contribution in [3.05, 3.63) is 0 Å². The maximum Gasteiger partial charge on any atom is 0.326 e. The van der Waals surface area contributed by atoms with Crippen LogP contribution >= 0.6 is 0 Å². The molecular weight excluding hydrogens is 288 g/mol. The van der Waals surface area contributed by atoms with Gasteiger partial charge in [-0.05, 0) is 18.3 Å². The standard InChI is InChI=1S/C15H28N2O5/c1-5-6-7-11(9-17(22)10-18)13(19)16-12(14(20)21)8-15(2,3)4/h10-12,22H,5-9H2,1-4H3,(H,16,19)(H,20,21)/t11-,12+/m1/s1. The van der Waals surface area contributed by atoms with Crippen LogP contribution in [0.15, 0.2) is 0 Å². The number of hydrogen-bond donors (Lipinski definition) is 3. The minimum Gasteiger partial charge on any atom is -0.480 e. The molecule has 0 rings (SSSR count). The Kier molecular flexibility index (Phi) is 8.70. The summed E-state index contributed by atoms with van der Waals surface area (Å²) in [5.74, 6) is -2.17. The fraction of sp³-hybridized carbons (Fsp3) is 0.800. The number of rotatable bonds is 10. The lowest BCUT2D eigenvalue weighted by Gasteiger charge is -2.26. The van der Waals surface area contributed by atoms with E-state index in [9.17, 15) is 24.7 Å². The van der Waals surface area contributed by atoms with Crippen LogP contribution in [0.3, 0.4) is 0 Å². The van der Waals surface area contributed by atoms with Gasteiger partial charge in [0.1, 0.15) is 6.04 Å². The van der Waals surface area contributed by atoms with E-state index in [0.717, 1.165) is 12.8 Å². The lowest BCUT2D eigenvalue weighted by atomic mass is 9.87. The molecule has 0 aliphatic heterocycles. The van der Waals surface area contributed by atoms with Gasteiger partial charge in [-0.1, -0.05) is 40.5 Å². The van der Waals surface area contributed by atoms with Gasteiger partial charge in [-0.2, -0.15) is 0 Å². The minimum atomic E-state index is -1.09. The Morgan fingerprint density at radius 1 is 1.32 bits per heavy atom. The van der Waals surface area contributed by atoms with E-state index in [1.807, 2.05) is 27.7 Å². The second-order valence-corrected chi connectivity index (χ2v) is 6.73. The van der Waals surface area contributed by atoms with Gasteiger partial charge in [0.25, 0.3) is 0 Å². The lowest BCUT2D eigenvalue weighted by molar-refractivity contribution is -0.155. The number of unbranched alkanes of at least 4 members (excludes halogenated alkanes) is 1. The Bertz CT molecular complexity index is 379. The molecule has 0 fully saturated rings. The van der Waals surface area contributed by atoms with Crippen LogP contribution in [0.2, 0.25) is 0 Å². The smallest absolute Gasteiger partial charge is 0.326 e. The molecule has 0 bridgehead atoms. The first-order valence-electron chi connectivity index (χ1n) is 7.54. The number of nitrogens with one attached hydrogen (secondary N) is 1. The molecule has 0 unspecified atom stereocenters. The van der Waals surface area contributed by atoms with Crippen LogP contribution in [0, 0.1) is 11.3 Å². The number of nitrogens with zero attached hydrogens (tertiary/aromatic N) is 1. The van der Waals surface area contributed by atoms with Crippen molar-refractivity contribution in [1.29, 1.82) is 0 Å². The van der Waals surface area contributed by atoms with E-state index < -0.39 is 23.8 Å². The maximum atomic E-state index is 12.3. The molecule has 0 aromatic heterocycles. The van der Waals surface area contributed by atoms with Crippen LogP contribution < -0.4 is 5.32 Å². The Morgan fingerprint density at radius 3 is 2.32 bits per heavy atom. The molecule has 0 saturated carbocycles. The zero-order valence-electron chi connectivity index (χ0n) is 13.8. The minimum absolute atomic E-state index is 0.142. The highest BCUT2D eigenvalue weighted by Gasteiger charge is 2.29. The second kappa shape index (κ2) is 9.40.